The summed E-state index contributed by atoms with van der Waals surface area (Å²) in [6, 6.07) is 8.81. The number of ether oxygens (including phenoxy) is 1. The quantitative estimate of drug-likeness (QED) is 0.437. The lowest BCUT2D eigenvalue weighted by Gasteiger charge is -2.46. The smallest absolute Gasteiger partial charge is 0.408 e. The first-order valence-corrected chi connectivity index (χ1v) is 12.5. The summed E-state index contributed by atoms with van der Waals surface area (Å²) in [5, 5.41) is 19.6. The molecule has 0 radical (unpaired) electrons. The maximum absolute atomic E-state index is 13.7. The molecule has 1 aromatic rings. The highest BCUT2D eigenvalue weighted by Crippen LogP contribution is 2.64. The second-order valence-corrected chi connectivity index (χ2v) is 10.4. The SMILES string of the molecule is O=C(NO)[C@H]1CC2(CC2C2CCOCC2)CN(C(=O)O)[C@@H]1C(=O)N1CCN(c2ccccc2)CC1. The number of benzene rings is 1. The summed E-state index contributed by atoms with van der Waals surface area (Å²) in [4.78, 5) is 43.9. The van der Waals surface area contributed by atoms with Gasteiger partial charge in [-0.05, 0) is 55.1 Å². The van der Waals surface area contributed by atoms with Crippen molar-refractivity contribution in [2.24, 2.45) is 23.2 Å². The fourth-order valence-electron chi connectivity index (χ4n) is 6.67. The highest BCUT2D eigenvalue weighted by Gasteiger charge is 2.64. The maximum atomic E-state index is 13.7. The van der Waals surface area contributed by atoms with Crippen LogP contribution in [0.15, 0.2) is 30.3 Å². The summed E-state index contributed by atoms with van der Waals surface area (Å²) in [6.45, 7) is 3.80. The minimum Gasteiger partial charge on any atom is -0.465 e. The number of hydrogen-bond acceptors (Lipinski definition) is 6. The summed E-state index contributed by atoms with van der Waals surface area (Å²) >= 11 is 0. The molecule has 3 aliphatic heterocycles. The Morgan fingerprint density at radius 1 is 1.00 bits per heavy atom. The molecule has 10 heteroatoms. The second-order valence-electron chi connectivity index (χ2n) is 10.4. The average molecular weight is 487 g/mol. The van der Waals surface area contributed by atoms with Gasteiger partial charge in [0, 0.05) is 51.6 Å². The number of para-hydroxylation sites is 1. The summed E-state index contributed by atoms with van der Waals surface area (Å²) in [7, 11) is 0. The molecule has 4 fully saturated rings. The van der Waals surface area contributed by atoms with Crippen LogP contribution < -0.4 is 10.4 Å². The lowest BCUT2D eigenvalue weighted by molar-refractivity contribution is -0.150. The van der Waals surface area contributed by atoms with Crippen LogP contribution in [0.5, 0.6) is 0 Å². The first-order valence-electron chi connectivity index (χ1n) is 12.5. The van der Waals surface area contributed by atoms with E-state index in [1.165, 1.54) is 4.90 Å². The van der Waals surface area contributed by atoms with E-state index in [1.807, 2.05) is 30.3 Å². The van der Waals surface area contributed by atoms with E-state index >= 15 is 0 Å². The Morgan fingerprint density at radius 2 is 1.69 bits per heavy atom. The molecule has 10 nitrogen and oxygen atoms in total. The van der Waals surface area contributed by atoms with Crippen molar-refractivity contribution < 1.29 is 29.4 Å². The number of piperidine rings is 1. The van der Waals surface area contributed by atoms with Crippen molar-refractivity contribution in [3.8, 4) is 0 Å². The van der Waals surface area contributed by atoms with Gasteiger partial charge in [-0.2, -0.15) is 0 Å². The van der Waals surface area contributed by atoms with Gasteiger partial charge in [0.1, 0.15) is 6.04 Å². The van der Waals surface area contributed by atoms with Crippen LogP contribution in [0.3, 0.4) is 0 Å². The number of nitrogens with zero attached hydrogens (tertiary/aromatic N) is 3. The fraction of sp³-hybridized carbons (Fsp3) is 0.640. The van der Waals surface area contributed by atoms with Gasteiger partial charge in [0.05, 0.1) is 5.92 Å². The molecule has 4 atom stereocenters. The Balaban J connectivity index is 1.33. The van der Waals surface area contributed by atoms with Gasteiger partial charge in [-0.1, -0.05) is 18.2 Å². The molecule has 35 heavy (non-hydrogen) atoms. The van der Waals surface area contributed by atoms with E-state index in [-0.39, 0.29) is 17.9 Å². The number of rotatable bonds is 4. The highest BCUT2D eigenvalue weighted by atomic mass is 16.5. The Labute approximate surface area is 204 Å². The lowest BCUT2D eigenvalue weighted by atomic mass is 9.76. The summed E-state index contributed by atoms with van der Waals surface area (Å²) < 4.78 is 5.49. The van der Waals surface area contributed by atoms with Crippen molar-refractivity contribution in [3.05, 3.63) is 30.3 Å². The van der Waals surface area contributed by atoms with Crippen molar-refractivity contribution in [2.75, 3.05) is 50.8 Å². The van der Waals surface area contributed by atoms with E-state index < -0.39 is 24.0 Å². The predicted octanol–water partition coefficient (Wildman–Crippen LogP) is 1.64. The molecule has 3 heterocycles. The van der Waals surface area contributed by atoms with Crippen LogP contribution in [0.2, 0.25) is 0 Å². The predicted molar refractivity (Wildman–Crippen MR) is 126 cm³/mol. The van der Waals surface area contributed by atoms with Crippen molar-refractivity contribution in [3.63, 3.8) is 0 Å². The van der Waals surface area contributed by atoms with E-state index in [9.17, 15) is 24.7 Å². The van der Waals surface area contributed by atoms with Crippen molar-refractivity contribution in [1.82, 2.24) is 15.3 Å². The van der Waals surface area contributed by atoms with Gasteiger partial charge < -0.3 is 19.6 Å². The van der Waals surface area contributed by atoms with Crippen molar-refractivity contribution >= 4 is 23.6 Å². The normalized spacial score (nSPS) is 31.3. The zero-order chi connectivity index (χ0) is 24.6. The zero-order valence-electron chi connectivity index (χ0n) is 19.8. The van der Waals surface area contributed by atoms with Crippen LogP contribution in [-0.4, -0.2) is 90.0 Å². The standard InChI is InChI=1S/C25H34N4O6/c30-22(26-34)19-14-25(15-20(25)17-6-12-35-13-7-17)16-29(24(32)33)21(19)23(31)28-10-8-27(9-11-28)18-4-2-1-3-5-18/h1-5,17,19-21,34H,6-16H2,(H,26,30)(H,32,33)/t19-,20?,21-,25?/m0/s1. The van der Waals surface area contributed by atoms with Crippen molar-refractivity contribution in [2.45, 2.75) is 31.7 Å². The molecule has 190 valence electrons. The molecule has 1 aliphatic carbocycles. The van der Waals surface area contributed by atoms with Crippen LogP contribution in [0.1, 0.15) is 25.7 Å². The molecule has 3 saturated heterocycles. The first kappa shape index (κ1) is 23.9. The summed E-state index contributed by atoms with van der Waals surface area (Å²) in [5.41, 5.74) is 2.47. The number of carbonyl (C=O) groups is 3. The van der Waals surface area contributed by atoms with Gasteiger partial charge in [0.15, 0.2) is 0 Å². The van der Waals surface area contributed by atoms with E-state index in [1.54, 1.807) is 10.4 Å². The molecule has 0 bridgehead atoms. The highest BCUT2D eigenvalue weighted by molar-refractivity contribution is 5.92. The molecule has 1 saturated carbocycles. The maximum Gasteiger partial charge on any atom is 0.408 e. The van der Waals surface area contributed by atoms with Gasteiger partial charge >= 0.3 is 6.09 Å². The van der Waals surface area contributed by atoms with Crippen molar-refractivity contribution in [1.29, 1.82) is 0 Å². The number of hydroxylamine groups is 1. The van der Waals surface area contributed by atoms with Gasteiger partial charge in [-0.25, -0.2) is 10.3 Å². The number of carbonyl (C=O) groups excluding carboxylic acids is 2. The number of carboxylic acid groups (broad SMARTS) is 1. The first-order chi connectivity index (χ1) is 16.9. The van der Waals surface area contributed by atoms with Gasteiger partial charge in [0.25, 0.3) is 0 Å². The lowest BCUT2D eigenvalue weighted by Crippen LogP contribution is -2.63. The number of hydrogen-bond donors (Lipinski definition) is 3. The number of anilines is 1. The van der Waals surface area contributed by atoms with Crippen LogP contribution in [0.25, 0.3) is 0 Å². The molecular weight excluding hydrogens is 452 g/mol. The van der Waals surface area contributed by atoms with Crippen LogP contribution >= 0.6 is 0 Å². The monoisotopic (exact) mass is 486 g/mol. The topological polar surface area (TPSA) is 123 Å². The summed E-state index contributed by atoms with van der Waals surface area (Å²) in [5.74, 6) is -1.21. The van der Waals surface area contributed by atoms with Crippen LogP contribution in [0.4, 0.5) is 10.5 Å². The molecule has 0 aromatic heterocycles. The van der Waals surface area contributed by atoms with Crippen LogP contribution in [-0.2, 0) is 14.3 Å². The Kier molecular flexibility index (Phi) is 6.59. The number of piperazine rings is 1. The molecule has 1 spiro atoms. The molecule has 4 aliphatic rings. The Morgan fingerprint density at radius 3 is 2.31 bits per heavy atom. The minimum atomic E-state index is -1.20. The zero-order valence-corrected chi connectivity index (χ0v) is 19.8. The second kappa shape index (κ2) is 9.66. The summed E-state index contributed by atoms with van der Waals surface area (Å²) in [6.07, 6.45) is 1.92. The molecule has 2 unspecified atom stereocenters. The molecule has 1 aromatic carbocycles. The van der Waals surface area contributed by atoms with E-state index in [0.29, 0.717) is 57.6 Å². The molecule has 3 N–H and O–H groups in total. The number of likely N-dealkylation sites (tertiary alicyclic amines) is 1. The van der Waals surface area contributed by atoms with Crippen LogP contribution in [0, 0.1) is 23.2 Å². The Bertz CT molecular complexity index is 947. The van der Waals surface area contributed by atoms with Gasteiger partial charge in [-0.15, -0.1) is 0 Å². The third-order valence-corrected chi connectivity index (χ3v) is 8.57. The third kappa shape index (κ3) is 4.56. The number of amides is 3. The minimum absolute atomic E-state index is 0.250. The Hall–Kier alpha value is -2.85. The van der Waals surface area contributed by atoms with E-state index in [4.69, 9.17) is 4.74 Å². The average Bonchev–Trinajstić information content (AvgIpc) is 3.60. The fourth-order valence-corrected chi connectivity index (χ4v) is 6.67. The third-order valence-electron chi connectivity index (χ3n) is 8.57. The van der Waals surface area contributed by atoms with E-state index in [2.05, 4.69) is 4.90 Å². The van der Waals surface area contributed by atoms with Gasteiger partial charge in [0.2, 0.25) is 11.8 Å². The molecular formula is C25H34N4O6. The number of nitrogens with one attached hydrogen (secondary N) is 1. The molecule has 3 amide bonds. The van der Waals surface area contributed by atoms with E-state index in [0.717, 1.165) is 24.9 Å². The largest absolute Gasteiger partial charge is 0.465 e. The van der Waals surface area contributed by atoms with Gasteiger partial charge in [-0.3, -0.25) is 19.7 Å². The molecule has 5 rings (SSSR count).